The van der Waals surface area contributed by atoms with Crippen molar-refractivity contribution >= 4 is 17.8 Å². The summed E-state index contributed by atoms with van der Waals surface area (Å²) in [7, 11) is 0. The zero-order valence-electron chi connectivity index (χ0n) is 20.9. The second-order valence-corrected chi connectivity index (χ2v) is 10.9. The SMILES string of the molecule is CC(C)(C)OC(=O)CCC(C)(C#N)c1ccc(C2CCN(C(=O)OC(C)(C)C)CC2=O)cc1. The van der Waals surface area contributed by atoms with Crippen molar-refractivity contribution in [3.63, 3.8) is 0 Å². The summed E-state index contributed by atoms with van der Waals surface area (Å²) in [6, 6.07) is 9.75. The molecule has 1 amide bonds. The van der Waals surface area contributed by atoms with Crippen LogP contribution in [0.25, 0.3) is 0 Å². The number of hydrogen-bond acceptors (Lipinski definition) is 6. The minimum atomic E-state index is -0.848. The number of carbonyl (C=O) groups excluding carboxylic acids is 3. The maximum atomic E-state index is 12.8. The van der Waals surface area contributed by atoms with Crippen LogP contribution in [0.3, 0.4) is 0 Å². The van der Waals surface area contributed by atoms with Crippen LogP contribution in [0.5, 0.6) is 0 Å². The molecule has 1 aliphatic rings. The van der Waals surface area contributed by atoms with E-state index in [4.69, 9.17) is 9.47 Å². The Balaban J connectivity index is 2.04. The Bertz CT molecular complexity index is 918. The van der Waals surface area contributed by atoms with E-state index in [2.05, 4.69) is 6.07 Å². The van der Waals surface area contributed by atoms with E-state index in [0.717, 1.165) is 11.1 Å². The summed E-state index contributed by atoms with van der Waals surface area (Å²) in [5.41, 5.74) is -0.368. The number of hydrogen-bond donors (Lipinski definition) is 0. The van der Waals surface area contributed by atoms with E-state index < -0.39 is 22.7 Å². The molecule has 0 aromatic heterocycles. The van der Waals surface area contributed by atoms with Crippen LogP contribution in [0.1, 0.15) is 84.8 Å². The van der Waals surface area contributed by atoms with E-state index in [1.165, 1.54) is 4.90 Å². The highest BCUT2D eigenvalue weighted by Crippen LogP contribution is 2.32. The molecule has 7 heteroatoms. The van der Waals surface area contributed by atoms with Gasteiger partial charge in [0.1, 0.15) is 11.2 Å². The molecule has 33 heavy (non-hydrogen) atoms. The second kappa shape index (κ2) is 9.94. The first-order valence-corrected chi connectivity index (χ1v) is 11.4. The summed E-state index contributed by atoms with van der Waals surface area (Å²) in [5.74, 6) is -0.663. The lowest BCUT2D eigenvalue weighted by Crippen LogP contribution is -2.45. The molecule has 7 nitrogen and oxygen atoms in total. The fourth-order valence-electron chi connectivity index (χ4n) is 3.75. The van der Waals surface area contributed by atoms with Gasteiger partial charge in [-0.2, -0.15) is 5.26 Å². The molecule has 2 rings (SSSR count). The zero-order valence-corrected chi connectivity index (χ0v) is 20.9. The molecular weight excluding hydrogens is 420 g/mol. The van der Waals surface area contributed by atoms with Crippen molar-refractivity contribution in [2.75, 3.05) is 13.1 Å². The van der Waals surface area contributed by atoms with Gasteiger partial charge in [-0.25, -0.2) is 4.79 Å². The van der Waals surface area contributed by atoms with Gasteiger partial charge in [0.05, 0.1) is 18.0 Å². The van der Waals surface area contributed by atoms with Gasteiger partial charge in [-0.1, -0.05) is 24.3 Å². The Morgan fingerprint density at radius 2 is 1.61 bits per heavy atom. The zero-order chi connectivity index (χ0) is 25.0. The van der Waals surface area contributed by atoms with Crippen LogP contribution in [-0.4, -0.2) is 47.0 Å². The van der Waals surface area contributed by atoms with Gasteiger partial charge in [0.25, 0.3) is 0 Å². The minimum absolute atomic E-state index is 0.0210. The van der Waals surface area contributed by atoms with E-state index in [0.29, 0.717) is 19.4 Å². The quantitative estimate of drug-likeness (QED) is 0.586. The Labute approximate surface area is 197 Å². The number of ketones is 1. The second-order valence-electron chi connectivity index (χ2n) is 10.9. The van der Waals surface area contributed by atoms with Crippen LogP contribution < -0.4 is 0 Å². The maximum absolute atomic E-state index is 12.8. The average molecular weight is 457 g/mol. The van der Waals surface area contributed by atoms with Crippen molar-refractivity contribution in [1.29, 1.82) is 5.26 Å². The topological polar surface area (TPSA) is 96.7 Å². The van der Waals surface area contributed by atoms with Crippen LogP contribution >= 0.6 is 0 Å². The molecular formula is C26H36N2O5. The highest BCUT2D eigenvalue weighted by atomic mass is 16.6. The summed E-state index contributed by atoms with van der Waals surface area (Å²) in [5, 5.41) is 9.80. The largest absolute Gasteiger partial charge is 0.460 e. The number of rotatable bonds is 5. The van der Waals surface area contributed by atoms with Gasteiger partial charge >= 0.3 is 12.1 Å². The normalized spacial score (nSPS) is 18.8. The third-order valence-electron chi connectivity index (χ3n) is 5.52. The molecule has 0 spiro atoms. The van der Waals surface area contributed by atoms with Crippen LogP contribution in [0, 0.1) is 11.3 Å². The molecule has 0 radical (unpaired) electrons. The molecule has 0 bridgehead atoms. The molecule has 1 aromatic carbocycles. The molecule has 1 aliphatic heterocycles. The Hall–Kier alpha value is -2.88. The third kappa shape index (κ3) is 7.59. The number of nitrogens with zero attached hydrogens (tertiary/aromatic N) is 2. The highest BCUT2D eigenvalue weighted by molar-refractivity contribution is 5.91. The monoisotopic (exact) mass is 456 g/mol. The maximum Gasteiger partial charge on any atom is 0.410 e. The first kappa shape index (κ1) is 26.4. The smallest absolute Gasteiger partial charge is 0.410 e. The van der Waals surface area contributed by atoms with Crippen molar-refractivity contribution in [3.05, 3.63) is 35.4 Å². The lowest BCUT2D eigenvalue weighted by Gasteiger charge is -2.33. The predicted octanol–water partition coefficient (Wildman–Crippen LogP) is 4.88. The lowest BCUT2D eigenvalue weighted by molar-refractivity contribution is -0.155. The Kier molecular flexibility index (Phi) is 7.95. The van der Waals surface area contributed by atoms with Gasteiger partial charge in [0.15, 0.2) is 5.78 Å². The van der Waals surface area contributed by atoms with E-state index in [1.807, 2.05) is 45.0 Å². The molecule has 1 fully saturated rings. The summed E-state index contributed by atoms with van der Waals surface area (Å²) in [6.07, 6.45) is 0.528. The van der Waals surface area contributed by atoms with Crippen LogP contribution in [-0.2, 0) is 24.5 Å². The standard InChI is InChI=1S/C26H36N2O5/c1-24(2,3)32-22(30)12-14-26(7,17-27)19-10-8-18(9-11-19)20-13-15-28(16-21(20)29)23(31)33-25(4,5)6/h8-11,20H,12-16H2,1-7H3. The summed E-state index contributed by atoms with van der Waals surface area (Å²) >= 11 is 0. The molecule has 0 N–H and O–H groups in total. The van der Waals surface area contributed by atoms with E-state index in [-0.39, 0.29) is 30.6 Å². The van der Waals surface area contributed by atoms with Crippen molar-refractivity contribution in [2.45, 2.75) is 90.3 Å². The fraction of sp³-hybridized carbons (Fsp3) is 0.615. The van der Waals surface area contributed by atoms with Crippen molar-refractivity contribution in [2.24, 2.45) is 0 Å². The number of piperidine rings is 1. The average Bonchev–Trinajstić information content (AvgIpc) is 2.69. The van der Waals surface area contributed by atoms with Gasteiger partial charge in [-0.15, -0.1) is 0 Å². The molecule has 1 aromatic rings. The van der Waals surface area contributed by atoms with E-state index >= 15 is 0 Å². The van der Waals surface area contributed by atoms with E-state index in [9.17, 15) is 19.6 Å². The summed E-state index contributed by atoms with van der Waals surface area (Å²) in [6.45, 7) is 13.1. The number of esters is 1. The third-order valence-corrected chi connectivity index (χ3v) is 5.52. The molecule has 2 unspecified atom stereocenters. The van der Waals surface area contributed by atoms with Crippen molar-refractivity contribution in [1.82, 2.24) is 4.90 Å². The van der Waals surface area contributed by atoms with Gasteiger partial charge in [-0.05, 0) is 72.4 Å². The van der Waals surface area contributed by atoms with Crippen molar-refractivity contribution in [3.8, 4) is 6.07 Å². The molecule has 1 heterocycles. The molecule has 2 atom stereocenters. The lowest BCUT2D eigenvalue weighted by atomic mass is 9.78. The fourth-order valence-corrected chi connectivity index (χ4v) is 3.75. The number of ether oxygens (including phenoxy) is 2. The van der Waals surface area contributed by atoms with Gasteiger partial charge in [0, 0.05) is 18.9 Å². The number of Topliss-reactive ketones (excluding diaryl/α,β-unsaturated/α-hetero) is 1. The number of amides is 1. The molecule has 0 saturated carbocycles. The molecule has 1 saturated heterocycles. The number of nitriles is 1. The minimum Gasteiger partial charge on any atom is -0.460 e. The Morgan fingerprint density at radius 3 is 2.09 bits per heavy atom. The predicted molar refractivity (Wildman–Crippen MR) is 125 cm³/mol. The van der Waals surface area contributed by atoms with Crippen LogP contribution in [0.15, 0.2) is 24.3 Å². The number of carbonyl (C=O) groups is 3. The van der Waals surface area contributed by atoms with Gasteiger partial charge < -0.3 is 14.4 Å². The van der Waals surface area contributed by atoms with Crippen LogP contribution in [0.2, 0.25) is 0 Å². The van der Waals surface area contributed by atoms with E-state index in [1.54, 1.807) is 27.7 Å². The molecule has 180 valence electrons. The first-order valence-electron chi connectivity index (χ1n) is 11.4. The Morgan fingerprint density at radius 1 is 1.03 bits per heavy atom. The first-order chi connectivity index (χ1) is 15.1. The highest BCUT2D eigenvalue weighted by Gasteiger charge is 2.34. The summed E-state index contributed by atoms with van der Waals surface area (Å²) in [4.78, 5) is 38.6. The van der Waals surface area contributed by atoms with Crippen LogP contribution in [0.4, 0.5) is 4.79 Å². The number of likely N-dealkylation sites (tertiary alicyclic amines) is 1. The number of benzene rings is 1. The molecule has 0 aliphatic carbocycles. The van der Waals surface area contributed by atoms with Gasteiger partial charge in [-0.3, -0.25) is 9.59 Å². The van der Waals surface area contributed by atoms with Gasteiger partial charge in [0.2, 0.25) is 0 Å². The van der Waals surface area contributed by atoms with Crippen molar-refractivity contribution < 1.29 is 23.9 Å². The summed E-state index contributed by atoms with van der Waals surface area (Å²) < 4.78 is 10.7.